The number of carboxylic acid groups (broad SMARTS) is 2. The van der Waals surface area contributed by atoms with E-state index in [1.54, 1.807) is 6.92 Å². The van der Waals surface area contributed by atoms with Crippen LogP contribution in [0.1, 0.15) is 43.7 Å². The van der Waals surface area contributed by atoms with Crippen molar-refractivity contribution in [3.8, 4) is 11.1 Å². The number of aliphatic carboxylic acids is 2. The zero-order valence-electron chi connectivity index (χ0n) is 20.9. The summed E-state index contributed by atoms with van der Waals surface area (Å²) in [5.74, 6) is -3.91. The van der Waals surface area contributed by atoms with Crippen molar-refractivity contribution in [3.05, 3.63) is 59.7 Å². The molecule has 0 saturated heterocycles. The normalized spacial score (nSPS) is 14.7. The van der Waals surface area contributed by atoms with E-state index >= 15 is 0 Å². The Kier molecular flexibility index (Phi) is 8.34. The van der Waals surface area contributed by atoms with E-state index in [0.717, 1.165) is 27.2 Å². The fourth-order valence-corrected chi connectivity index (χ4v) is 4.74. The molecule has 2 aromatic carbocycles. The van der Waals surface area contributed by atoms with Gasteiger partial charge in [0, 0.05) is 20.0 Å². The molecule has 0 unspecified atom stereocenters. The molecule has 0 aromatic heterocycles. The Labute approximate surface area is 210 Å². The lowest BCUT2D eigenvalue weighted by Gasteiger charge is -2.35. The number of nitrogens with zero attached hydrogens (tertiary/aromatic N) is 2. The second-order valence-corrected chi connectivity index (χ2v) is 9.15. The summed E-state index contributed by atoms with van der Waals surface area (Å²) in [5, 5.41) is 18.6. The average molecular weight is 497 g/mol. The summed E-state index contributed by atoms with van der Waals surface area (Å²) in [5.41, 5.74) is 4.30. The molecule has 2 aromatic rings. The van der Waals surface area contributed by atoms with Gasteiger partial charge in [-0.05, 0) is 28.2 Å². The van der Waals surface area contributed by atoms with Gasteiger partial charge >= 0.3 is 18.0 Å². The smallest absolute Gasteiger partial charge is 0.410 e. The summed E-state index contributed by atoms with van der Waals surface area (Å²) in [6.07, 6.45) is -0.935. The maximum Gasteiger partial charge on any atom is 0.410 e. The van der Waals surface area contributed by atoms with Crippen molar-refractivity contribution in [1.29, 1.82) is 0 Å². The number of carbonyl (C=O) groups excluding carboxylic acids is 2. The molecule has 0 heterocycles. The van der Waals surface area contributed by atoms with Crippen LogP contribution in [0.5, 0.6) is 0 Å². The lowest BCUT2D eigenvalue weighted by Crippen LogP contribution is -2.55. The highest BCUT2D eigenvalue weighted by atomic mass is 16.6. The van der Waals surface area contributed by atoms with E-state index in [0.29, 0.717) is 6.42 Å². The third kappa shape index (κ3) is 5.35. The van der Waals surface area contributed by atoms with E-state index < -0.39 is 42.4 Å². The second kappa shape index (κ2) is 11.2. The lowest BCUT2D eigenvalue weighted by molar-refractivity contribution is -0.155. The number of carbonyl (C=O) groups is 4. The highest BCUT2D eigenvalue weighted by molar-refractivity contribution is 5.91. The van der Waals surface area contributed by atoms with Crippen molar-refractivity contribution in [1.82, 2.24) is 9.80 Å². The number of likely N-dealkylation sites (N-methyl/N-ethyl adjacent to an activating group) is 2. The minimum atomic E-state index is -1.56. The van der Waals surface area contributed by atoms with E-state index in [1.807, 2.05) is 55.5 Å². The molecule has 0 radical (unpaired) electrons. The molecule has 9 heteroatoms. The third-order valence-corrected chi connectivity index (χ3v) is 6.95. The summed E-state index contributed by atoms with van der Waals surface area (Å²) in [6, 6.07) is 13.3. The number of benzene rings is 2. The van der Waals surface area contributed by atoms with Gasteiger partial charge in [-0.2, -0.15) is 0 Å². The Morgan fingerprint density at radius 1 is 0.917 bits per heavy atom. The van der Waals surface area contributed by atoms with Crippen LogP contribution < -0.4 is 0 Å². The predicted octanol–water partition coefficient (Wildman–Crippen LogP) is 3.67. The molecular weight excluding hydrogens is 464 g/mol. The van der Waals surface area contributed by atoms with Crippen LogP contribution in [-0.2, 0) is 19.1 Å². The lowest BCUT2D eigenvalue weighted by atomic mass is 9.96. The molecule has 3 atom stereocenters. The average Bonchev–Trinajstić information content (AvgIpc) is 3.18. The van der Waals surface area contributed by atoms with Crippen molar-refractivity contribution in [2.24, 2.45) is 5.92 Å². The third-order valence-electron chi connectivity index (χ3n) is 6.95. The Balaban J connectivity index is 1.78. The fraction of sp³-hybridized carbons (Fsp3) is 0.407. The molecule has 2 N–H and O–H groups in total. The SMILES string of the molecule is CC[C@H](C)[C@@H](C(=O)N(C)[C@@H](CC(=O)O)C(=O)O)N(C)C(=O)OCC1c2ccccc2-c2ccccc21. The molecule has 9 nitrogen and oxygen atoms in total. The van der Waals surface area contributed by atoms with Gasteiger partial charge in [0.2, 0.25) is 5.91 Å². The van der Waals surface area contributed by atoms with E-state index in [9.17, 15) is 24.3 Å². The number of hydrogen-bond acceptors (Lipinski definition) is 5. The van der Waals surface area contributed by atoms with E-state index in [4.69, 9.17) is 9.84 Å². The summed E-state index contributed by atoms with van der Waals surface area (Å²) in [7, 11) is 2.68. The summed E-state index contributed by atoms with van der Waals surface area (Å²) in [6.45, 7) is 3.70. The first-order valence-electron chi connectivity index (χ1n) is 11.9. The number of fused-ring (bicyclic) bond motifs is 3. The standard InChI is InChI=1S/C27H32N2O7/c1-5-16(2)24(25(32)28(3)22(26(33)34)14-23(30)31)29(4)27(35)36-15-21-19-12-8-6-10-17(19)18-11-7-9-13-20(18)21/h6-13,16,21-22,24H,5,14-15H2,1-4H3,(H,30,31)(H,33,34)/t16-,22-,24-/m0/s1. The van der Waals surface area contributed by atoms with Crippen molar-refractivity contribution < 1.29 is 34.1 Å². The van der Waals surface area contributed by atoms with Crippen LogP contribution in [0.3, 0.4) is 0 Å². The van der Waals surface area contributed by atoms with Crippen LogP contribution in [0, 0.1) is 5.92 Å². The molecule has 0 bridgehead atoms. The van der Waals surface area contributed by atoms with Gasteiger partial charge < -0.3 is 19.8 Å². The second-order valence-electron chi connectivity index (χ2n) is 9.15. The number of carboxylic acids is 2. The van der Waals surface area contributed by atoms with Crippen molar-refractivity contribution in [2.45, 2.75) is 44.7 Å². The van der Waals surface area contributed by atoms with Crippen LogP contribution >= 0.6 is 0 Å². The van der Waals surface area contributed by atoms with E-state index in [1.165, 1.54) is 19.0 Å². The molecular formula is C27H32N2O7. The van der Waals surface area contributed by atoms with Gasteiger partial charge in [0.25, 0.3) is 0 Å². The molecule has 2 amide bonds. The monoisotopic (exact) mass is 496 g/mol. The van der Waals surface area contributed by atoms with Crippen LogP contribution in [0.25, 0.3) is 11.1 Å². The van der Waals surface area contributed by atoms with E-state index in [-0.39, 0.29) is 18.4 Å². The van der Waals surface area contributed by atoms with Crippen LogP contribution in [0.2, 0.25) is 0 Å². The largest absolute Gasteiger partial charge is 0.481 e. The van der Waals surface area contributed by atoms with Crippen LogP contribution in [-0.4, -0.2) is 76.7 Å². The van der Waals surface area contributed by atoms with Gasteiger partial charge in [-0.1, -0.05) is 68.8 Å². The van der Waals surface area contributed by atoms with Gasteiger partial charge in [0.1, 0.15) is 18.7 Å². The topological polar surface area (TPSA) is 124 Å². The maximum atomic E-state index is 13.3. The minimum Gasteiger partial charge on any atom is -0.481 e. The molecule has 1 aliphatic rings. The Morgan fingerprint density at radius 3 is 1.92 bits per heavy atom. The quantitative estimate of drug-likeness (QED) is 0.514. The molecule has 36 heavy (non-hydrogen) atoms. The molecule has 1 aliphatic carbocycles. The molecule has 0 saturated carbocycles. The van der Waals surface area contributed by atoms with Crippen molar-refractivity contribution in [2.75, 3.05) is 20.7 Å². The van der Waals surface area contributed by atoms with Crippen LogP contribution in [0.4, 0.5) is 4.79 Å². The zero-order valence-corrected chi connectivity index (χ0v) is 20.9. The molecule has 0 aliphatic heterocycles. The summed E-state index contributed by atoms with van der Waals surface area (Å²) >= 11 is 0. The summed E-state index contributed by atoms with van der Waals surface area (Å²) in [4.78, 5) is 51.3. The van der Waals surface area contributed by atoms with Gasteiger partial charge in [0.15, 0.2) is 0 Å². The van der Waals surface area contributed by atoms with Gasteiger partial charge in [-0.15, -0.1) is 0 Å². The van der Waals surface area contributed by atoms with Crippen LogP contribution in [0.15, 0.2) is 48.5 Å². The molecule has 0 fully saturated rings. The first kappa shape index (κ1) is 26.7. The predicted molar refractivity (Wildman–Crippen MR) is 133 cm³/mol. The van der Waals surface area contributed by atoms with Crippen molar-refractivity contribution in [3.63, 3.8) is 0 Å². The minimum absolute atomic E-state index is 0.0746. The number of hydrogen-bond donors (Lipinski definition) is 2. The van der Waals surface area contributed by atoms with Crippen molar-refractivity contribution >= 4 is 23.9 Å². The van der Waals surface area contributed by atoms with E-state index in [2.05, 4.69) is 0 Å². The first-order chi connectivity index (χ1) is 17.1. The van der Waals surface area contributed by atoms with Gasteiger partial charge in [-0.3, -0.25) is 14.5 Å². The first-order valence-corrected chi connectivity index (χ1v) is 11.9. The maximum absolute atomic E-state index is 13.3. The number of rotatable bonds is 10. The Hall–Kier alpha value is -3.88. The Bertz CT molecular complexity index is 1100. The van der Waals surface area contributed by atoms with Gasteiger partial charge in [0.05, 0.1) is 6.42 Å². The highest BCUT2D eigenvalue weighted by Crippen LogP contribution is 2.44. The zero-order chi connectivity index (χ0) is 26.6. The fourth-order valence-electron chi connectivity index (χ4n) is 4.74. The number of ether oxygens (including phenoxy) is 1. The number of amides is 2. The Morgan fingerprint density at radius 2 is 1.44 bits per heavy atom. The summed E-state index contributed by atoms with van der Waals surface area (Å²) < 4.78 is 5.69. The van der Waals surface area contributed by atoms with Gasteiger partial charge in [-0.25, -0.2) is 9.59 Å². The molecule has 192 valence electrons. The highest BCUT2D eigenvalue weighted by Gasteiger charge is 2.39. The molecule has 0 spiro atoms. The molecule has 3 rings (SSSR count).